The molecule has 6 nitrogen and oxygen atoms in total. The fourth-order valence-electron chi connectivity index (χ4n) is 2.16. The molecule has 0 aliphatic rings. The van der Waals surface area contributed by atoms with E-state index in [2.05, 4.69) is 10.6 Å². The SMILES string of the molecule is COC(=O)c1ccccc1NCCC(=O)Nc1cccc(OC)c1. The van der Waals surface area contributed by atoms with Gasteiger partial charge in [0.1, 0.15) is 5.75 Å². The summed E-state index contributed by atoms with van der Waals surface area (Å²) in [5.41, 5.74) is 1.75. The number of amides is 1. The molecule has 6 heteroatoms. The van der Waals surface area contributed by atoms with Gasteiger partial charge in [-0.25, -0.2) is 4.79 Å². The van der Waals surface area contributed by atoms with Crippen LogP contribution in [-0.2, 0) is 9.53 Å². The summed E-state index contributed by atoms with van der Waals surface area (Å²) in [6.07, 6.45) is 0.257. The molecule has 0 bridgehead atoms. The Bertz CT molecular complexity index is 716. The van der Waals surface area contributed by atoms with Crippen LogP contribution in [0.15, 0.2) is 48.5 Å². The van der Waals surface area contributed by atoms with Gasteiger partial charge < -0.3 is 20.1 Å². The number of ether oxygens (including phenoxy) is 2. The van der Waals surface area contributed by atoms with Gasteiger partial charge in [-0.05, 0) is 24.3 Å². The maximum absolute atomic E-state index is 12.0. The molecule has 24 heavy (non-hydrogen) atoms. The first kappa shape index (κ1) is 17.3. The van der Waals surface area contributed by atoms with Gasteiger partial charge in [0.2, 0.25) is 5.91 Å². The number of anilines is 2. The van der Waals surface area contributed by atoms with Gasteiger partial charge in [0.15, 0.2) is 0 Å². The van der Waals surface area contributed by atoms with Crippen LogP contribution in [-0.4, -0.2) is 32.6 Å². The van der Waals surface area contributed by atoms with Gasteiger partial charge in [0.25, 0.3) is 0 Å². The Kier molecular flexibility index (Phi) is 6.19. The summed E-state index contributed by atoms with van der Waals surface area (Å²) in [4.78, 5) is 23.7. The lowest BCUT2D eigenvalue weighted by Crippen LogP contribution is -2.17. The minimum Gasteiger partial charge on any atom is -0.497 e. The van der Waals surface area contributed by atoms with Crippen LogP contribution < -0.4 is 15.4 Å². The molecule has 2 aromatic rings. The molecule has 0 fully saturated rings. The Morgan fingerprint density at radius 2 is 1.83 bits per heavy atom. The van der Waals surface area contributed by atoms with E-state index >= 15 is 0 Å². The topological polar surface area (TPSA) is 76.7 Å². The van der Waals surface area contributed by atoms with Crippen LogP contribution in [0.2, 0.25) is 0 Å². The van der Waals surface area contributed by atoms with Gasteiger partial charge in [-0.1, -0.05) is 18.2 Å². The van der Waals surface area contributed by atoms with Crippen molar-refractivity contribution in [3.63, 3.8) is 0 Å². The summed E-state index contributed by atoms with van der Waals surface area (Å²) < 4.78 is 9.85. The zero-order chi connectivity index (χ0) is 17.4. The quantitative estimate of drug-likeness (QED) is 0.764. The first-order valence-corrected chi connectivity index (χ1v) is 7.49. The number of nitrogens with one attached hydrogen (secondary N) is 2. The number of para-hydroxylation sites is 1. The van der Waals surface area contributed by atoms with E-state index in [0.29, 0.717) is 29.2 Å². The van der Waals surface area contributed by atoms with Gasteiger partial charge in [-0.3, -0.25) is 4.79 Å². The largest absolute Gasteiger partial charge is 0.497 e. The lowest BCUT2D eigenvalue weighted by atomic mass is 10.1. The number of carbonyl (C=O) groups is 2. The molecule has 0 aromatic heterocycles. The molecule has 0 radical (unpaired) electrons. The normalized spacial score (nSPS) is 9.92. The van der Waals surface area contributed by atoms with Gasteiger partial charge in [0.05, 0.1) is 19.8 Å². The zero-order valence-electron chi connectivity index (χ0n) is 13.7. The Hall–Kier alpha value is -3.02. The van der Waals surface area contributed by atoms with E-state index in [1.807, 2.05) is 6.07 Å². The van der Waals surface area contributed by atoms with Crippen LogP contribution in [0.1, 0.15) is 16.8 Å². The van der Waals surface area contributed by atoms with E-state index in [9.17, 15) is 9.59 Å². The highest BCUT2D eigenvalue weighted by molar-refractivity contribution is 5.96. The van der Waals surface area contributed by atoms with Gasteiger partial charge in [-0.2, -0.15) is 0 Å². The summed E-state index contributed by atoms with van der Waals surface area (Å²) in [6, 6.07) is 14.2. The molecule has 0 atom stereocenters. The lowest BCUT2D eigenvalue weighted by Gasteiger charge is -2.11. The fraction of sp³-hybridized carbons (Fsp3) is 0.222. The van der Waals surface area contributed by atoms with E-state index in [4.69, 9.17) is 9.47 Å². The van der Waals surface area contributed by atoms with Crippen molar-refractivity contribution in [3.8, 4) is 5.75 Å². The Balaban J connectivity index is 1.88. The smallest absolute Gasteiger partial charge is 0.339 e. The maximum atomic E-state index is 12.0. The molecular formula is C18H20N2O4. The van der Waals surface area contributed by atoms with Gasteiger partial charge in [0, 0.05) is 30.4 Å². The lowest BCUT2D eigenvalue weighted by molar-refractivity contribution is -0.115. The molecule has 0 saturated heterocycles. The third kappa shape index (κ3) is 4.74. The number of rotatable bonds is 7. The highest BCUT2D eigenvalue weighted by Crippen LogP contribution is 2.18. The molecule has 2 N–H and O–H groups in total. The number of hydrogen-bond acceptors (Lipinski definition) is 5. The highest BCUT2D eigenvalue weighted by Gasteiger charge is 2.11. The van der Waals surface area contributed by atoms with Crippen molar-refractivity contribution >= 4 is 23.3 Å². The molecular weight excluding hydrogens is 308 g/mol. The minimum atomic E-state index is -0.418. The second kappa shape index (κ2) is 8.57. The molecule has 2 rings (SSSR count). The van der Waals surface area contributed by atoms with E-state index in [1.54, 1.807) is 49.6 Å². The number of benzene rings is 2. The number of hydrogen-bond donors (Lipinski definition) is 2. The summed E-state index contributed by atoms with van der Waals surface area (Å²) in [6.45, 7) is 0.393. The second-order valence-electron chi connectivity index (χ2n) is 4.99. The summed E-state index contributed by atoms with van der Waals surface area (Å²) in [7, 11) is 2.91. The average Bonchev–Trinajstić information content (AvgIpc) is 2.61. The maximum Gasteiger partial charge on any atom is 0.339 e. The van der Waals surface area contributed by atoms with Crippen molar-refractivity contribution < 1.29 is 19.1 Å². The zero-order valence-corrected chi connectivity index (χ0v) is 13.7. The third-order valence-corrected chi connectivity index (χ3v) is 3.35. The standard InChI is InChI=1S/C18H20N2O4/c1-23-14-7-5-6-13(12-14)20-17(21)10-11-19-16-9-4-3-8-15(16)18(22)24-2/h3-9,12,19H,10-11H2,1-2H3,(H,20,21). The third-order valence-electron chi connectivity index (χ3n) is 3.35. The molecule has 126 valence electrons. The van der Waals surface area contributed by atoms with Crippen LogP contribution in [0.25, 0.3) is 0 Å². The Labute approximate surface area is 140 Å². The van der Waals surface area contributed by atoms with Gasteiger partial charge >= 0.3 is 5.97 Å². The first-order chi connectivity index (χ1) is 11.6. The molecule has 0 aliphatic carbocycles. The molecule has 0 saturated carbocycles. The minimum absolute atomic E-state index is 0.133. The van der Waals surface area contributed by atoms with Crippen LogP contribution in [0.5, 0.6) is 5.75 Å². The van der Waals surface area contributed by atoms with E-state index in [0.717, 1.165) is 0 Å². The first-order valence-electron chi connectivity index (χ1n) is 7.49. The summed E-state index contributed by atoms with van der Waals surface area (Å²) in [5.74, 6) is 0.128. The van der Waals surface area contributed by atoms with E-state index in [-0.39, 0.29) is 12.3 Å². The van der Waals surface area contributed by atoms with E-state index < -0.39 is 5.97 Å². The van der Waals surface area contributed by atoms with Crippen molar-refractivity contribution in [2.45, 2.75) is 6.42 Å². The second-order valence-corrected chi connectivity index (χ2v) is 4.99. The summed E-state index contributed by atoms with van der Waals surface area (Å²) in [5, 5.41) is 5.88. The molecule has 0 aliphatic heterocycles. The fourth-order valence-corrected chi connectivity index (χ4v) is 2.16. The Morgan fingerprint density at radius 1 is 1.04 bits per heavy atom. The predicted molar refractivity (Wildman–Crippen MR) is 92.5 cm³/mol. The van der Waals surface area contributed by atoms with Crippen molar-refractivity contribution in [1.82, 2.24) is 0 Å². The van der Waals surface area contributed by atoms with Crippen LogP contribution in [0.4, 0.5) is 11.4 Å². The summed E-state index contributed by atoms with van der Waals surface area (Å²) >= 11 is 0. The average molecular weight is 328 g/mol. The predicted octanol–water partition coefficient (Wildman–Crippen LogP) is 2.92. The number of methoxy groups -OCH3 is 2. The Morgan fingerprint density at radius 3 is 2.58 bits per heavy atom. The van der Waals surface area contributed by atoms with Crippen molar-refractivity contribution in [1.29, 1.82) is 0 Å². The van der Waals surface area contributed by atoms with Crippen molar-refractivity contribution in [3.05, 3.63) is 54.1 Å². The molecule has 2 aromatic carbocycles. The number of esters is 1. The molecule has 0 unspecified atom stereocenters. The molecule has 0 spiro atoms. The van der Waals surface area contributed by atoms with E-state index in [1.165, 1.54) is 7.11 Å². The highest BCUT2D eigenvalue weighted by atomic mass is 16.5. The van der Waals surface area contributed by atoms with Crippen LogP contribution in [0.3, 0.4) is 0 Å². The van der Waals surface area contributed by atoms with Crippen LogP contribution >= 0.6 is 0 Å². The van der Waals surface area contributed by atoms with Gasteiger partial charge in [-0.15, -0.1) is 0 Å². The number of carbonyl (C=O) groups excluding carboxylic acids is 2. The van der Waals surface area contributed by atoms with Crippen molar-refractivity contribution in [2.24, 2.45) is 0 Å². The molecule has 0 heterocycles. The van der Waals surface area contributed by atoms with Crippen molar-refractivity contribution in [2.75, 3.05) is 31.4 Å². The van der Waals surface area contributed by atoms with Crippen LogP contribution in [0, 0.1) is 0 Å². The monoisotopic (exact) mass is 328 g/mol. The molecule has 1 amide bonds.